The Bertz CT molecular complexity index is 186. The molecule has 0 heterocycles. The van der Waals surface area contributed by atoms with Gasteiger partial charge in [-0.2, -0.15) is 0 Å². The summed E-state index contributed by atoms with van der Waals surface area (Å²) in [5.41, 5.74) is 4.71. The van der Waals surface area contributed by atoms with Gasteiger partial charge in [-0.15, -0.1) is 0 Å². The molecule has 0 bridgehead atoms. The van der Waals surface area contributed by atoms with Gasteiger partial charge >= 0.3 is 6.03 Å². The molecular formula is C7H15N3O4. The Hall–Kier alpha value is -1.18. The quantitative estimate of drug-likeness (QED) is 0.351. The van der Waals surface area contributed by atoms with Gasteiger partial charge in [-0.05, 0) is 0 Å². The van der Waals surface area contributed by atoms with Gasteiger partial charge in [0.1, 0.15) is 0 Å². The van der Waals surface area contributed by atoms with Crippen LogP contribution in [0.25, 0.3) is 0 Å². The number of urea groups is 1. The Kier molecular flexibility index (Phi) is 7.71. The molecule has 0 aromatic rings. The second-order valence-electron chi connectivity index (χ2n) is 2.43. The number of carbonyl (C=O) groups excluding carboxylic acids is 2. The van der Waals surface area contributed by atoms with Gasteiger partial charge in [-0.3, -0.25) is 10.1 Å². The summed E-state index contributed by atoms with van der Waals surface area (Å²) < 4.78 is 4.91. The molecule has 0 aliphatic rings. The molecule has 5 N–H and O–H groups in total. The molecule has 14 heavy (non-hydrogen) atoms. The van der Waals surface area contributed by atoms with E-state index in [4.69, 9.17) is 15.6 Å². The first-order valence-corrected chi connectivity index (χ1v) is 4.15. The summed E-state index contributed by atoms with van der Waals surface area (Å²) in [7, 11) is 0. The Morgan fingerprint density at radius 1 is 1.36 bits per heavy atom. The number of nitrogens with one attached hydrogen (secondary N) is 2. The first-order chi connectivity index (χ1) is 6.66. The van der Waals surface area contributed by atoms with E-state index < -0.39 is 11.9 Å². The zero-order chi connectivity index (χ0) is 10.8. The highest BCUT2D eigenvalue weighted by atomic mass is 16.5. The first-order valence-electron chi connectivity index (χ1n) is 4.15. The molecular weight excluding hydrogens is 190 g/mol. The monoisotopic (exact) mass is 205 g/mol. The fourth-order valence-corrected chi connectivity index (χ4v) is 0.694. The number of hydrogen-bond donors (Lipinski definition) is 4. The summed E-state index contributed by atoms with van der Waals surface area (Å²) in [5, 5.41) is 13.0. The second-order valence-corrected chi connectivity index (χ2v) is 2.43. The number of aliphatic hydroxyl groups is 1. The number of carbonyl (C=O) groups is 2. The largest absolute Gasteiger partial charge is 0.394 e. The highest BCUT2D eigenvalue weighted by Gasteiger charge is 2.01. The van der Waals surface area contributed by atoms with Crippen LogP contribution >= 0.6 is 0 Å². The number of ether oxygens (including phenoxy) is 1. The Morgan fingerprint density at radius 3 is 2.64 bits per heavy atom. The summed E-state index contributed by atoms with van der Waals surface area (Å²) in [5.74, 6) is -0.486. The number of nitrogens with two attached hydrogens (primary N) is 1. The third kappa shape index (κ3) is 8.91. The van der Waals surface area contributed by atoms with Gasteiger partial charge in [0.2, 0.25) is 5.91 Å². The molecule has 0 radical (unpaired) electrons. The fraction of sp³-hybridized carbons (Fsp3) is 0.714. The topological polar surface area (TPSA) is 114 Å². The Balaban J connectivity index is 3.19. The molecule has 0 spiro atoms. The van der Waals surface area contributed by atoms with Crippen molar-refractivity contribution in [3.05, 3.63) is 0 Å². The lowest BCUT2D eigenvalue weighted by Gasteiger charge is -2.04. The lowest BCUT2D eigenvalue weighted by atomic mass is 10.5. The smallest absolute Gasteiger partial charge is 0.318 e. The maximum atomic E-state index is 10.8. The van der Waals surface area contributed by atoms with Crippen molar-refractivity contribution in [2.24, 2.45) is 5.73 Å². The minimum atomic E-state index is -0.867. The van der Waals surface area contributed by atoms with E-state index in [9.17, 15) is 9.59 Å². The number of rotatable bonds is 7. The molecule has 7 nitrogen and oxygen atoms in total. The second kappa shape index (κ2) is 8.42. The van der Waals surface area contributed by atoms with E-state index in [-0.39, 0.29) is 19.8 Å². The molecule has 0 aliphatic carbocycles. The third-order valence-electron chi connectivity index (χ3n) is 1.21. The van der Waals surface area contributed by atoms with Crippen LogP contribution in [-0.4, -0.2) is 50.0 Å². The van der Waals surface area contributed by atoms with Crippen LogP contribution in [0.1, 0.15) is 0 Å². The summed E-state index contributed by atoms with van der Waals surface area (Å²) in [6.45, 7) is 1.11. The number of hydrogen-bond acceptors (Lipinski definition) is 5. The predicted molar refractivity (Wildman–Crippen MR) is 48.5 cm³/mol. The highest BCUT2D eigenvalue weighted by Crippen LogP contribution is 1.71. The average molecular weight is 205 g/mol. The standard InChI is InChI=1S/C7H15N3O4/c8-7(13)10-6(12)5-9-1-3-14-4-2-11/h9,11H,1-5H2,(H3,8,10,12,13). The van der Waals surface area contributed by atoms with E-state index in [1.807, 2.05) is 5.32 Å². The van der Waals surface area contributed by atoms with Crippen molar-refractivity contribution in [3.8, 4) is 0 Å². The average Bonchev–Trinajstić information content (AvgIpc) is 2.10. The Labute approximate surface area is 81.6 Å². The van der Waals surface area contributed by atoms with E-state index in [1.54, 1.807) is 0 Å². The first kappa shape index (κ1) is 12.8. The van der Waals surface area contributed by atoms with Crippen LogP contribution in [0.5, 0.6) is 0 Å². The van der Waals surface area contributed by atoms with Gasteiger partial charge in [0, 0.05) is 6.54 Å². The molecule has 0 aromatic heterocycles. The molecule has 0 aromatic carbocycles. The third-order valence-corrected chi connectivity index (χ3v) is 1.21. The van der Waals surface area contributed by atoms with Gasteiger partial charge < -0.3 is 20.9 Å². The van der Waals surface area contributed by atoms with E-state index in [2.05, 4.69) is 5.32 Å². The van der Waals surface area contributed by atoms with E-state index in [0.717, 1.165) is 0 Å². The molecule has 0 aliphatic heterocycles. The summed E-state index contributed by atoms with van der Waals surface area (Å²) in [6.07, 6.45) is 0. The van der Waals surface area contributed by atoms with Crippen LogP contribution < -0.4 is 16.4 Å². The van der Waals surface area contributed by atoms with Crippen molar-refractivity contribution in [1.29, 1.82) is 0 Å². The maximum absolute atomic E-state index is 10.8. The van der Waals surface area contributed by atoms with Crippen LogP contribution in [0.4, 0.5) is 4.79 Å². The lowest BCUT2D eigenvalue weighted by Crippen LogP contribution is -2.41. The molecule has 0 unspecified atom stereocenters. The highest BCUT2D eigenvalue weighted by molar-refractivity contribution is 5.94. The van der Waals surface area contributed by atoms with Gasteiger partial charge in [0.05, 0.1) is 26.4 Å². The van der Waals surface area contributed by atoms with Gasteiger partial charge in [0.25, 0.3) is 0 Å². The van der Waals surface area contributed by atoms with Crippen LogP contribution in [0.2, 0.25) is 0 Å². The van der Waals surface area contributed by atoms with E-state index >= 15 is 0 Å². The minimum absolute atomic E-state index is 0.00538. The van der Waals surface area contributed by atoms with E-state index in [1.165, 1.54) is 0 Å². The number of amides is 3. The van der Waals surface area contributed by atoms with Crippen LogP contribution in [0, 0.1) is 0 Å². The molecule has 0 atom stereocenters. The van der Waals surface area contributed by atoms with Crippen LogP contribution in [0.3, 0.4) is 0 Å². The molecule has 0 saturated heterocycles. The normalized spacial score (nSPS) is 9.79. The molecule has 82 valence electrons. The fourth-order valence-electron chi connectivity index (χ4n) is 0.694. The SMILES string of the molecule is NC(=O)NC(=O)CNCCOCCO. The molecule has 0 rings (SSSR count). The minimum Gasteiger partial charge on any atom is -0.394 e. The number of aliphatic hydroxyl groups excluding tert-OH is 1. The Morgan fingerprint density at radius 2 is 2.07 bits per heavy atom. The lowest BCUT2D eigenvalue weighted by molar-refractivity contribution is -0.119. The van der Waals surface area contributed by atoms with Gasteiger partial charge in [-0.25, -0.2) is 4.79 Å². The zero-order valence-electron chi connectivity index (χ0n) is 7.78. The summed E-state index contributed by atoms with van der Waals surface area (Å²) >= 11 is 0. The van der Waals surface area contributed by atoms with Gasteiger partial charge in [-0.1, -0.05) is 0 Å². The zero-order valence-corrected chi connectivity index (χ0v) is 7.78. The molecule has 7 heteroatoms. The van der Waals surface area contributed by atoms with Crippen molar-refractivity contribution >= 4 is 11.9 Å². The maximum Gasteiger partial charge on any atom is 0.318 e. The van der Waals surface area contributed by atoms with Crippen molar-refractivity contribution in [1.82, 2.24) is 10.6 Å². The number of primary amides is 1. The van der Waals surface area contributed by atoms with Crippen molar-refractivity contribution in [2.45, 2.75) is 0 Å². The predicted octanol–water partition coefficient (Wildman–Crippen LogP) is -2.22. The molecule has 3 amide bonds. The van der Waals surface area contributed by atoms with Crippen LogP contribution in [-0.2, 0) is 9.53 Å². The van der Waals surface area contributed by atoms with Crippen molar-refractivity contribution < 1.29 is 19.4 Å². The summed E-state index contributed by atoms with van der Waals surface area (Å²) in [6, 6.07) is -0.867. The molecule has 0 saturated carbocycles. The molecule has 0 fully saturated rings. The van der Waals surface area contributed by atoms with Gasteiger partial charge in [0.15, 0.2) is 0 Å². The van der Waals surface area contributed by atoms with Crippen molar-refractivity contribution in [2.75, 3.05) is 32.9 Å². The van der Waals surface area contributed by atoms with E-state index in [0.29, 0.717) is 13.2 Å². The van der Waals surface area contributed by atoms with Crippen molar-refractivity contribution in [3.63, 3.8) is 0 Å². The summed E-state index contributed by atoms with van der Waals surface area (Å²) in [4.78, 5) is 21.0. The van der Waals surface area contributed by atoms with Crippen LogP contribution in [0.15, 0.2) is 0 Å². The number of imide groups is 1.